The Hall–Kier alpha value is 0.117. The van der Waals surface area contributed by atoms with Crippen LogP contribution in [0.5, 0.6) is 0 Å². The summed E-state index contributed by atoms with van der Waals surface area (Å²) in [5.74, 6) is 0. The van der Waals surface area contributed by atoms with Crippen LogP contribution in [-0.4, -0.2) is 28.6 Å². The third-order valence-electron chi connectivity index (χ3n) is 4.58. The van der Waals surface area contributed by atoms with Crippen molar-refractivity contribution in [2.24, 2.45) is 4.40 Å². The second-order valence-corrected chi connectivity index (χ2v) is 15.3. The summed E-state index contributed by atoms with van der Waals surface area (Å²) in [7, 11) is -1.60. The largest absolute Gasteiger partial charge is 0.591 e. The Morgan fingerprint density at radius 1 is 1.29 bits per heavy atom. The summed E-state index contributed by atoms with van der Waals surface area (Å²) in [6.07, 6.45) is 2.17. The fraction of sp³-hybridized carbons (Fsp3) is 0.647. The Morgan fingerprint density at radius 2 is 1.83 bits per heavy atom. The SMILES string of the molecule is CC[Si](CC)(CC)c1cc(Br)nc(C/C=N/[S+]([O-])C(C)(C)C)c1Cl. The van der Waals surface area contributed by atoms with Gasteiger partial charge in [-0.2, -0.15) is 0 Å². The van der Waals surface area contributed by atoms with Crippen molar-refractivity contribution >= 4 is 58.4 Å². The highest BCUT2D eigenvalue weighted by Crippen LogP contribution is 2.27. The van der Waals surface area contributed by atoms with Crippen LogP contribution < -0.4 is 5.19 Å². The van der Waals surface area contributed by atoms with Crippen LogP contribution in [0.4, 0.5) is 0 Å². The Bertz CT molecular complexity index is 580. The minimum Gasteiger partial charge on any atom is -0.591 e. The number of pyridine rings is 1. The van der Waals surface area contributed by atoms with Crippen molar-refractivity contribution in [2.45, 2.75) is 70.8 Å². The lowest BCUT2D eigenvalue weighted by molar-refractivity contribution is 0.561. The van der Waals surface area contributed by atoms with E-state index in [1.165, 1.54) is 5.19 Å². The minimum absolute atomic E-state index is 0.356. The Kier molecular flexibility index (Phi) is 8.47. The third kappa shape index (κ3) is 5.31. The summed E-state index contributed by atoms with van der Waals surface area (Å²) in [6, 6.07) is 5.59. The quantitative estimate of drug-likeness (QED) is 0.245. The predicted molar refractivity (Wildman–Crippen MR) is 114 cm³/mol. The number of nitrogens with zero attached hydrogens (tertiary/aromatic N) is 2. The summed E-state index contributed by atoms with van der Waals surface area (Å²) in [6.45, 7) is 12.5. The average Bonchev–Trinajstić information content (AvgIpc) is 2.52. The van der Waals surface area contributed by atoms with Crippen LogP contribution in [0.2, 0.25) is 23.2 Å². The van der Waals surface area contributed by atoms with Crippen molar-refractivity contribution in [1.82, 2.24) is 4.98 Å². The van der Waals surface area contributed by atoms with Gasteiger partial charge in [-0.1, -0.05) is 54.9 Å². The van der Waals surface area contributed by atoms with Gasteiger partial charge in [-0.15, -0.1) is 0 Å². The van der Waals surface area contributed by atoms with Crippen molar-refractivity contribution in [3.05, 3.63) is 21.4 Å². The lowest BCUT2D eigenvalue weighted by Gasteiger charge is -2.30. The molecule has 0 bridgehead atoms. The van der Waals surface area contributed by atoms with Crippen molar-refractivity contribution in [1.29, 1.82) is 0 Å². The van der Waals surface area contributed by atoms with Crippen LogP contribution in [0.15, 0.2) is 15.1 Å². The first-order valence-electron chi connectivity index (χ1n) is 8.41. The van der Waals surface area contributed by atoms with E-state index in [9.17, 15) is 4.55 Å². The molecule has 24 heavy (non-hydrogen) atoms. The lowest BCUT2D eigenvalue weighted by atomic mass is 10.3. The van der Waals surface area contributed by atoms with Gasteiger partial charge >= 0.3 is 0 Å². The molecule has 0 spiro atoms. The molecule has 136 valence electrons. The number of hydrogen-bond donors (Lipinski definition) is 0. The minimum atomic E-state index is -1.60. The summed E-state index contributed by atoms with van der Waals surface area (Å²) in [5, 5.41) is 2.04. The standard InChI is InChI=1S/C17H28BrClN2OSSi/c1-7-24(8-2,9-3)14-12-15(18)21-13(16(14)19)10-11-20-23(22)17(4,5)6/h11-12H,7-10H2,1-6H3/b20-11+. The molecule has 0 saturated heterocycles. The number of hydrogen-bond acceptors (Lipinski definition) is 3. The molecule has 1 atom stereocenters. The molecule has 0 fully saturated rings. The maximum atomic E-state index is 12.0. The first-order chi connectivity index (χ1) is 11.1. The molecule has 0 aliphatic heterocycles. The van der Waals surface area contributed by atoms with Crippen LogP contribution in [0.1, 0.15) is 47.2 Å². The lowest BCUT2D eigenvalue weighted by Crippen LogP contribution is -2.47. The van der Waals surface area contributed by atoms with Crippen LogP contribution >= 0.6 is 27.5 Å². The molecule has 0 aliphatic rings. The molecule has 1 rings (SSSR count). The molecular formula is C17H28BrClN2OSSi. The van der Waals surface area contributed by atoms with E-state index in [-0.39, 0.29) is 4.75 Å². The van der Waals surface area contributed by atoms with E-state index in [1.54, 1.807) is 6.21 Å². The summed E-state index contributed by atoms with van der Waals surface area (Å²) < 4.78 is 16.6. The third-order valence-corrected chi connectivity index (χ3v) is 12.5. The smallest absolute Gasteiger partial charge is 0.144 e. The number of rotatable bonds is 7. The van der Waals surface area contributed by atoms with E-state index in [0.717, 1.165) is 33.5 Å². The molecule has 1 aromatic rings. The average molecular weight is 452 g/mol. The normalized spacial score (nSPS) is 14.4. The molecular weight excluding hydrogens is 424 g/mol. The van der Waals surface area contributed by atoms with Crippen LogP contribution in [0.3, 0.4) is 0 Å². The number of halogens is 2. The molecule has 0 saturated carbocycles. The summed E-state index contributed by atoms with van der Waals surface area (Å²) >= 11 is 8.99. The van der Waals surface area contributed by atoms with E-state index in [4.69, 9.17) is 11.6 Å². The van der Waals surface area contributed by atoms with Crippen LogP contribution in [0.25, 0.3) is 0 Å². The molecule has 0 N–H and O–H groups in total. The molecule has 0 radical (unpaired) electrons. The van der Waals surface area contributed by atoms with Crippen molar-refractivity contribution in [2.75, 3.05) is 0 Å². The first-order valence-corrected chi connectivity index (χ1v) is 13.3. The van der Waals surface area contributed by atoms with E-state index < -0.39 is 19.4 Å². The Morgan fingerprint density at radius 3 is 2.29 bits per heavy atom. The maximum Gasteiger partial charge on any atom is 0.144 e. The van der Waals surface area contributed by atoms with Crippen LogP contribution in [0, 0.1) is 0 Å². The molecule has 7 heteroatoms. The van der Waals surface area contributed by atoms with E-state index >= 15 is 0 Å². The first kappa shape index (κ1) is 22.2. The molecule has 0 aliphatic carbocycles. The van der Waals surface area contributed by atoms with Gasteiger partial charge in [0.1, 0.15) is 20.7 Å². The van der Waals surface area contributed by atoms with Gasteiger partial charge in [0.25, 0.3) is 0 Å². The highest BCUT2D eigenvalue weighted by Gasteiger charge is 2.32. The molecule has 0 aromatic carbocycles. The fourth-order valence-electron chi connectivity index (χ4n) is 2.74. The second-order valence-electron chi connectivity index (χ2n) is 6.95. The number of aromatic nitrogens is 1. The molecule has 3 nitrogen and oxygen atoms in total. The van der Waals surface area contributed by atoms with E-state index in [2.05, 4.69) is 52.1 Å². The van der Waals surface area contributed by atoms with Gasteiger partial charge in [0.05, 0.1) is 25.0 Å². The second kappa shape index (κ2) is 9.17. The zero-order valence-corrected chi connectivity index (χ0v) is 19.6. The topological polar surface area (TPSA) is 48.3 Å². The fourth-order valence-corrected chi connectivity index (χ4v) is 8.39. The van der Waals surface area contributed by atoms with Gasteiger partial charge in [-0.05, 0) is 48.0 Å². The van der Waals surface area contributed by atoms with Gasteiger partial charge in [-0.3, -0.25) is 0 Å². The van der Waals surface area contributed by atoms with Crippen molar-refractivity contribution in [3.8, 4) is 0 Å². The van der Waals surface area contributed by atoms with Crippen molar-refractivity contribution in [3.63, 3.8) is 0 Å². The highest BCUT2D eigenvalue weighted by molar-refractivity contribution is 9.10. The van der Waals surface area contributed by atoms with E-state index in [0.29, 0.717) is 6.42 Å². The predicted octanol–water partition coefficient (Wildman–Crippen LogP) is 5.29. The van der Waals surface area contributed by atoms with Crippen molar-refractivity contribution < 1.29 is 4.55 Å². The van der Waals surface area contributed by atoms with Gasteiger partial charge in [0.15, 0.2) is 0 Å². The van der Waals surface area contributed by atoms with Gasteiger partial charge in [0.2, 0.25) is 0 Å². The van der Waals surface area contributed by atoms with Gasteiger partial charge in [0, 0.05) is 6.42 Å². The Labute approximate surface area is 164 Å². The molecule has 1 heterocycles. The summed E-state index contributed by atoms with van der Waals surface area (Å²) in [5.41, 5.74) is 0.808. The molecule has 0 amide bonds. The Balaban J connectivity index is 3.17. The molecule has 1 unspecified atom stereocenters. The monoisotopic (exact) mass is 450 g/mol. The maximum absolute atomic E-state index is 12.0. The zero-order valence-electron chi connectivity index (χ0n) is 15.4. The van der Waals surface area contributed by atoms with Gasteiger partial charge < -0.3 is 4.55 Å². The van der Waals surface area contributed by atoms with E-state index in [1.807, 2.05) is 20.8 Å². The van der Waals surface area contributed by atoms with Crippen LogP contribution in [-0.2, 0) is 17.8 Å². The summed E-state index contributed by atoms with van der Waals surface area (Å²) in [4.78, 5) is 4.53. The zero-order chi connectivity index (χ0) is 18.5. The van der Waals surface area contributed by atoms with Gasteiger partial charge in [-0.25, -0.2) is 4.98 Å². The highest BCUT2D eigenvalue weighted by atomic mass is 79.9. The molecule has 1 aromatic heterocycles.